The summed E-state index contributed by atoms with van der Waals surface area (Å²) in [4.78, 5) is 17.1. The van der Waals surface area contributed by atoms with Crippen molar-refractivity contribution < 1.29 is 4.79 Å². The highest BCUT2D eigenvalue weighted by Gasteiger charge is 2.23. The highest BCUT2D eigenvalue weighted by Crippen LogP contribution is 2.27. The smallest absolute Gasteiger partial charge is 0.264 e. The SMILES string of the molecule is Cc1ccccc1N=C1NC(=O)/C(=C/C=C/c2ccccc2)S1. The molecule has 0 atom stereocenters. The molecule has 0 unspecified atom stereocenters. The molecule has 0 saturated carbocycles. The van der Waals surface area contributed by atoms with Crippen molar-refractivity contribution in [1.29, 1.82) is 0 Å². The van der Waals surface area contributed by atoms with E-state index in [1.165, 1.54) is 11.8 Å². The van der Waals surface area contributed by atoms with E-state index in [1.807, 2.05) is 79.7 Å². The molecule has 23 heavy (non-hydrogen) atoms. The maximum absolute atomic E-state index is 12.0. The molecule has 0 spiro atoms. The second-order valence-electron chi connectivity index (χ2n) is 5.06. The van der Waals surface area contributed by atoms with Crippen molar-refractivity contribution in [2.45, 2.75) is 6.92 Å². The minimum atomic E-state index is -0.111. The molecule has 1 aliphatic rings. The highest BCUT2D eigenvalue weighted by molar-refractivity contribution is 8.18. The Morgan fingerprint density at radius 3 is 2.57 bits per heavy atom. The third-order valence-electron chi connectivity index (χ3n) is 3.32. The molecule has 1 fully saturated rings. The van der Waals surface area contributed by atoms with Gasteiger partial charge in [0.1, 0.15) is 0 Å². The van der Waals surface area contributed by atoms with Crippen molar-refractivity contribution in [2.24, 2.45) is 4.99 Å². The molecule has 1 N–H and O–H groups in total. The lowest BCUT2D eigenvalue weighted by atomic mass is 10.2. The molecule has 0 aliphatic carbocycles. The molecule has 114 valence electrons. The van der Waals surface area contributed by atoms with Gasteiger partial charge in [-0.1, -0.05) is 60.7 Å². The van der Waals surface area contributed by atoms with Crippen molar-refractivity contribution in [3.63, 3.8) is 0 Å². The van der Waals surface area contributed by atoms with E-state index in [0.29, 0.717) is 10.1 Å². The monoisotopic (exact) mass is 320 g/mol. The van der Waals surface area contributed by atoms with Crippen LogP contribution >= 0.6 is 11.8 Å². The molecular formula is C19H16N2OS. The van der Waals surface area contributed by atoms with Crippen LogP contribution in [0.3, 0.4) is 0 Å². The summed E-state index contributed by atoms with van der Waals surface area (Å²) in [5.74, 6) is -0.111. The Labute approximate surface area is 139 Å². The van der Waals surface area contributed by atoms with Gasteiger partial charge in [-0.25, -0.2) is 4.99 Å². The second-order valence-corrected chi connectivity index (χ2v) is 6.09. The number of para-hydroxylation sites is 1. The van der Waals surface area contributed by atoms with E-state index < -0.39 is 0 Å². The third-order valence-corrected chi connectivity index (χ3v) is 4.25. The average Bonchev–Trinajstić information content (AvgIpc) is 2.90. The summed E-state index contributed by atoms with van der Waals surface area (Å²) in [7, 11) is 0. The number of rotatable bonds is 3. The number of allylic oxidation sites excluding steroid dienone is 2. The van der Waals surface area contributed by atoms with Crippen molar-refractivity contribution in [3.05, 3.63) is 82.8 Å². The maximum atomic E-state index is 12.0. The molecule has 0 aromatic heterocycles. The Morgan fingerprint density at radius 1 is 1.04 bits per heavy atom. The summed E-state index contributed by atoms with van der Waals surface area (Å²) in [6.45, 7) is 2.00. The number of aryl methyl sites for hydroxylation is 1. The fraction of sp³-hybridized carbons (Fsp3) is 0.0526. The minimum Gasteiger partial charge on any atom is -0.300 e. The molecule has 0 radical (unpaired) electrons. The van der Waals surface area contributed by atoms with Crippen LogP contribution in [-0.4, -0.2) is 11.1 Å². The van der Waals surface area contributed by atoms with Crippen molar-refractivity contribution >= 4 is 34.6 Å². The summed E-state index contributed by atoms with van der Waals surface area (Å²) in [5, 5.41) is 3.41. The van der Waals surface area contributed by atoms with E-state index in [4.69, 9.17) is 0 Å². The van der Waals surface area contributed by atoms with E-state index in [9.17, 15) is 4.79 Å². The standard InChI is InChI=1S/C19H16N2OS/c1-14-8-5-6-12-16(14)20-19-21-18(22)17(23-19)13-7-11-15-9-3-2-4-10-15/h2-13H,1H3,(H,20,21,22)/b11-7+,17-13-. The number of thioether (sulfide) groups is 1. The van der Waals surface area contributed by atoms with E-state index >= 15 is 0 Å². The zero-order chi connectivity index (χ0) is 16.1. The number of amidine groups is 1. The summed E-state index contributed by atoms with van der Waals surface area (Å²) < 4.78 is 0. The first-order chi connectivity index (χ1) is 11.2. The molecule has 4 heteroatoms. The molecular weight excluding hydrogens is 304 g/mol. The van der Waals surface area contributed by atoms with Crippen LogP contribution in [0.5, 0.6) is 0 Å². The van der Waals surface area contributed by atoms with Crippen LogP contribution in [0, 0.1) is 6.92 Å². The van der Waals surface area contributed by atoms with Crippen molar-refractivity contribution in [2.75, 3.05) is 0 Å². The third kappa shape index (κ3) is 3.99. The van der Waals surface area contributed by atoms with E-state index in [-0.39, 0.29) is 5.91 Å². The van der Waals surface area contributed by atoms with Gasteiger partial charge >= 0.3 is 0 Å². The van der Waals surface area contributed by atoms with E-state index in [0.717, 1.165) is 16.8 Å². The van der Waals surface area contributed by atoms with Gasteiger partial charge in [-0.15, -0.1) is 0 Å². The molecule has 3 rings (SSSR count). The van der Waals surface area contributed by atoms with Crippen LogP contribution in [0.25, 0.3) is 6.08 Å². The number of carbonyl (C=O) groups is 1. The van der Waals surface area contributed by atoms with Gasteiger partial charge < -0.3 is 5.32 Å². The lowest BCUT2D eigenvalue weighted by Crippen LogP contribution is -2.19. The Hall–Kier alpha value is -2.59. The first-order valence-electron chi connectivity index (χ1n) is 7.29. The van der Waals surface area contributed by atoms with Crippen molar-refractivity contribution in [3.8, 4) is 0 Å². The number of nitrogens with zero attached hydrogens (tertiary/aromatic N) is 1. The predicted molar refractivity (Wildman–Crippen MR) is 97.6 cm³/mol. The molecule has 1 aliphatic heterocycles. The van der Waals surface area contributed by atoms with Gasteiger partial charge in [0.25, 0.3) is 5.91 Å². The number of carbonyl (C=O) groups excluding carboxylic acids is 1. The van der Waals surface area contributed by atoms with Gasteiger partial charge in [0.2, 0.25) is 0 Å². The summed E-state index contributed by atoms with van der Waals surface area (Å²) in [6, 6.07) is 17.8. The van der Waals surface area contributed by atoms with Crippen LogP contribution in [-0.2, 0) is 4.79 Å². The van der Waals surface area contributed by atoms with Crippen LogP contribution in [0.1, 0.15) is 11.1 Å². The topological polar surface area (TPSA) is 41.5 Å². The van der Waals surface area contributed by atoms with Crippen LogP contribution < -0.4 is 5.32 Å². The normalized spacial score (nSPS) is 18.0. The highest BCUT2D eigenvalue weighted by atomic mass is 32.2. The molecule has 1 heterocycles. The summed E-state index contributed by atoms with van der Waals surface area (Å²) in [6.07, 6.45) is 5.67. The Morgan fingerprint density at radius 2 is 1.78 bits per heavy atom. The molecule has 2 aromatic carbocycles. The Bertz CT molecular complexity index is 807. The first-order valence-corrected chi connectivity index (χ1v) is 8.11. The first kappa shape index (κ1) is 15.3. The quantitative estimate of drug-likeness (QED) is 0.849. The summed E-state index contributed by atoms with van der Waals surface area (Å²) >= 11 is 1.36. The van der Waals surface area contributed by atoms with Gasteiger partial charge in [-0.05, 0) is 42.0 Å². The fourth-order valence-corrected chi connectivity index (χ4v) is 2.89. The maximum Gasteiger partial charge on any atom is 0.264 e. The minimum absolute atomic E-state index is 0.111. The van der Waals surface area contributed by atoms with Gasteiger partial charge in [0.15, 0.2) is 5.17 Å². The van der Waals surface area contributed by atoms with E-state index in [2.05, 4.69) is 10.3 Å². The number of hydrogen-bond donors (Lipinski definition) is 1. The number of nitrogens with one attached hydrogen (secondary N) is 1. The summed E-state index contributed by atoms with van der Waals surface area (Å²) in [5.41, 5.74) is 3.05. The average molecular weight is 320 g/mol. The molecule has 3 nitrogen and oxygen atoms in total. The van der Waals surface area contributed by atoms with Gasteiger partial charge in [0, 0.05) is 0 Å². The lowest BCUT2D eigenvalue weighted by Gasteiger charge is -1.99. The second kappa shape index (κ2) is 7.11. The predicted octanol–water partition coefficient (Wildman–Crippen LogP) is 4.44. The number of aliphatic imine (C=N–C) groups is 1. The van der Waals surface area contributed by atoms with Crippen LogP contribution in [0.4, 0.5) is 5.69 Å². The molecule has 1 amide bonds. The fourth-order valence-electron chi connectivity index (χ4n) is 2.10. The van der Waals surface area contributed by atoms with Crippen molar-refractivity contribution in [1.82, 2.24) is 5.32 Å². The zero-order valence-corrected chi connectivity index (χ0v) is 13.5. The van der Waals surface area contributed by atoms with Crippen LogP contribution in [0.2, 0.25) is 0 Å². The molecule has 2 aromatic rings. The van der Waals surface area contributed by atoms with Crippen LogP contribution in [0.15, 0.2) is 76.6 Å². The van der Waals surface area contributed by atoms with E-state index in [1.54, 1.807) is 0 Å². The largest absolute Gasteiger partial charge is 0.300 e. The van der Waals surface area contributed by atoms with Gasteiger partial charge in [-0.2, -0.15) is 0 Å². The Balaban J connectivity index is 1.74. The number of hydrogen-bond acceptors (Lipinski definition) is 3. The lowest BCUT2D eigenvalue weighted by molar-refractivity contribution is -0.115. The Kier molecular flexibility index (Phi) is 4.74. The molecule has 1 saturated heterocycles. The van der Waals surface area contributed by atoms with Gasteiger partial charge in [-0.3, -0.25) is 4.79 Å². The number of benzene rings is 2. The van der Waals surface area contributed by atoms with Gasteiger partial charge in [0.05, 0.1) is 10.6 Å². The molecule has 0 bridgehead atoms. The number of amides is 1. The zero-order valence-electron chi connectivity index (χ0n) is 12.7.